The molecule has 0 amide bonds. The van der Waals surface area contributed by atoms with Crippen molar-refractivity contribution in [3.63, 3.8) is 0 Å². The molecule has 0 atom stereocenters. The Labute approximate surface area is 105 Å². The van der Waals surface area contributed by atoms with Gasteiger partial charge in [-0.3, -0.25) is 4.55 Å². The minimum atomic E-state index is -4.07. The predicted octanol–water partition coefficient (Wildman–Crippen LogP) is 1.94. The standard InChI is InChI=1S/C11H16O4SSi/c1-15-17-9-3-2-4-10-5-7-11(8-6-10)16(12,13)14/h5-8H,2-4,9H2,1H3,(H,12,13,14). The molecule has 0 unspecified atom stereocenters. The molecule has 0 aliphatic rings. The summed E-state index contributed by atoms with van der Waals surface area (Å²) in [6.45, 7) is 0. The van der Waals surface area contributed by atoms with Crippen LogP contribution >= 0.6 is 0 Å². The Morgan fingerprint density at radius 3 is 2.41 bits per heavy atom. The van der Waals surface area contributed by atoms with Crippen LogP contribution in [0.2, 0.25) is 6.04 Å². The van der Waals surface area contributed by atoms with E-state index < -0.39 is 10.1 Å². The third kappa shape index (κ3) is 5.45. The van der Waals surface area contributed by atoms with E-state index in [1.165, 1.54) is 12.1 Å². The van der Waals surface area contributed by atoms with Crippen molar-refractivity contribution in [3.8, 4) is 0 Å². The monoisotopic (exact) mass is 272 g/mol. The van der Waals surface area contributed by atoms with Crippen LogP contribution in [0.4, 0.5) is 0 Å². The van der Waals surface area contributed by atoms with E-state index in [1.54, 1.807) is 19.2 Å². The second-order valence-electron chi connectivity index (χ2n) is 3.67. The van der Waals surface area contributed by atoms with Gasteiger partial charge in [-0.15, -0.1) is 0 Å². The molecule has 1 N–H and O–H groups in total. The molecule has 1 aromatic carbocycles. The van der Waals surface area contributed by atoms with Gasteiger partial charge >= 0.3 is 0 Å². The molecular formula is C11H16O4SSi. The van der Waals surface area contributed by atoms with Crippen LogP contribution in [0, 0.1) is 0 Å². The zero-order chi connectivity index (χ0) is 12.7. The number of rotatable bonds is 7. The molecular weight excluding hydrogens is 256 g/mol. The first-order chi connectivity index (χ1) is 8.04. The lowest BCUT2D eigenvalue weighted by Crippen LogP contribution is -1.98. The summed E-state index contributed by atoms with van der Waals surface area (Å²) in [5.41, 5.74) is 1.08. The molecule has 1 rings (SSSR count). The Balaban J connectivity index is 2.41. The van der Waals surface area contributed by atoms with E-state index in [0.29, 0.717) is 9.76 Å². The highest BCUT2D eigenvalue weighted by molar-refractivity contribution is 7.85. The summed E-state index contributed by atoms with van der Waals surface area (Å²) in [6.07, 6.45) is 3.08. The van der Waals surface area contributed by atoms with Gasteiger partial charge in [0.2, 0.25) is 9.76 Å². The first-order valence-electron chi connectivity index (χ1n) is 5.36. The normalized spacial score (nSPS) is 11.6. The van der Waals surface area contributed by atoms with Crippen LogP contribution in [-0.4, -0.2) is 29.8 Å². The summed E-state index contributed by atoms with van der Waals surface area (Å²) in [6, 6.07) is 7.41. The zero-order valence-electron chi connectivity index (χ0n) is 9.72. The molecule has 6 heteroatoms. The summed E-state index contributed by atoms with van der Waals surface area (Å²) in [7, 11) is -1.81. The minimum absolute atomic E-state index is 0.0536. The molecule has 0 aliphatic carbocycles. The first kappa shape index (κ1) is 14.4. The summed E-state index contributed by atoms with van der Waals surface area (Å²) in [4.78, 5) is -0.0536. The zero-order valence-corrected chi connectivity index (χ0v) is 11.5. The Hall–Kier alpha value is -0.693. The Morgan fingerprint density at radius 1 is 1.24 bits per heavy atom. The van der Waals surface area contributed by atoms with Crippen LogP contribution in [-0.2, 0) is 21.0 Å². The van der Waals surface area contributed by atoms with Crippen LogP contribution in [0.25, 0.3) is 0 Å². The van der Waals surface area contributed by atoms with Gasteiger partial charge in [0.15, 0.2) is 0 Å². The highest BCUT2D eigenvalue weighted by Crippen LogP contribution is 2.12. The summed E-state index contributed by atoms with van der Waals surface area (Å²) >= 11 is 0. The molecule has 0 saturated heterocycles. The largest absolute Gasteiger partial charge is 0.421 e. The average Bonchev–Trinajstić information content (AvgIpc) is 2.28. The van der Waals surface area contributed by atoms with Crippen LogP contribution < -0.4 is 0 Å². The highest BCUT2D eigenvalue weighted by atomic mass is 32.2. The third-order valence-corrected chi connectivity index (χ3v) is 4.07. The fraction of sp³-hybridized carbons (Fsp3) is 0.455. The Kier molecular flexibility index (Phi) is 5.83. The van der Waals surface area contributed by atoms with E-state index in [2.05, 4.69) is 0 Å². The van der Waals surface area contributed by atoms with Crippen LogP contribution in [0.5, 0.6) is 0 Å². The Bertz CT molecular complexity index is 427. The van der Waals surface area contributed by atoms with E-state index >= 15 is 0 Å². The summed E-state index contributed by atoms with van der Waals surface area (Å²) in [5.74, 6) is 0. The van der Waals surface area contributed by atoms with E-state index in [0.717, 1.165) is 30.9 Å². The van der Waals surface area contributed by atoms with Crippen molar-refractivity contribution in [1.29, 1.82) is 0 Å². The number of hydrogen-bond donors (Lipinski definition) is 1. The first-order valence-corrected chi connectivity index (χ1v) is 7.92. The smallest absolute Gasteiger partial charge is 0.294 e. The number of hydrogen-bond acceptors (Lipinski definition) is 3. The molecule has 1 aromatic rings. The van der Waals surface area contributed by atoms with Crippen molar-refractivity contribution in [1.82, 2.24) is 0 Å². The molecule has 0 heterocycles. The number of unbranched alkanes of at least 4 members (excludes halogenated alkanes) is 1. The van der Waals surface area contributed by atoms with Crippen molar-refractivity contribution in [2.75, 3.05) is 7.11 Å². The van der Waals surface area contributed by atoms with Gasteiger partial charge < -0.3 is 4.43 Å². The summed E-state index contributed by atoms with van der Waals surface area (Å²) in [5, 5.41) is 0. The predicted molar refractivity (Wildman–Crippen MR) is 66.8 cm³/mol. The molecule has 0 spiro atoms. The van der Waals surface area contributed by atoms with E-state index in [-0.39, 0.29) is 4.90 Å². The average molecular weight is 272 g/mol. The maximum absolute atomic E-state index is 10.8. The van der Waals surface area contributed by atoms with Crippen LogP contribution in [0.3, 0.4) is 0 Å². The van der Waals surface area contributed by atoms with Crippen molar-refractivity contribution in [2.24, 2.45) is 0 Å². The van der Waals surface area contributed by atoms with Gasteiger partial charge in [-0.25, -0.2) is 0 Å². The second kappa shape index (κ2) is 6.90. The fourth-order valence-corrected chi connectivity index (χ4v) is 2.53. The Morgan fingerprint density at radius 2 is 1.88 bits per heavy atom. The van der Waals surface area contributed by atoms with Crippen molar-refractivity contribution in [2.45, 2.75) is 30.2 Å². The van der Waals surface area contributed by atoms with E-state index in [4.69, 9.17) is 8.98 Å². The van der Waals surface area contributed by atoms with Gasteiger partial charge in [-0.05, 0) is 36.6 Å². The molecule has 0 aromatic heterocycles. The van der Waals surface area contributed by atoms with Crippen molar-refractivity contribution in [3.05, 3.63) is 29.8 Å². The number of benzene rings is 1. The second-order valence-corrected chi connectivity index (χ2v) is 6.29. The lowest BCUT2D eigenvalue weighted by atomic mass is 10.1. The van der Waals surface area contributed by atoms with Gasteiger partial charge in [0, 0.05) is 7.11 Å². The minimum Gasteiger partial charge on any atom is -0.421 e. The topological polar surface area (TPSA) is 63.6 Å². The molecule has 0 aliphatic heterocycles. The summed E-state index contributed by atoms with van der Waals surface area (Å²) < 4.78 is 35.4. The molecule has 0 fully saturated rings. The quantitative estimate of drug-likeness (QED) is 0.468. The van der Waals surface area contributed by atoms with Crippen molar-refractivity contribution >= 4 is 19.9 Å². The number of aryl methyl sites for hydroxylation is 1. The SMILES string of the molecule is CO[Si]CCCCc1ccc(S(=O)(=O)O)cc1. The van der Waals surface area contributed by atoms with Gasteiger partial charge in [-0.2, -0.15) is 8.42 Å². The van der Waals surface area contributed by atoms with Crippen molar-refractivity contribution < 1.29 is 17.4 Å². The molecule has 0 bridgehead atoms. The van der Waals surface area contributed by atoms with Crippen LogP contribution in [0.15, 0.2) is 29.2 Å². The maximum atomic E-state index is 10.8. The van der Waals surface area contributed by atoms with Gasteiger partial charge in [0.1, 0.15) is 0 Å². The molecule has 0 saturated carbocycles. The lowest BCUT2D eigenvalue weighted by Gasteiger charge is -2.02. The van der Waals surface area contributed by atoms with Crippen LogP contribution in [0.1, 0.15) is 18.4 Å². The van der Waals surface area contributed by atoms with E-state index in [9.17, 15) is 8.42 Å². The molecule has 2 radical (unpaired) electrons. The van der Waals surface area contributed by atoms with Gasteiger partial charge in [0.05, 0.1) is 4.90 Å². The molecule has 94 valence electrons. The molecule has 4 nitrogen and oxygen atoms in total. The maximum Gasteiger partial charge on any atom is 0.294 e. The van der Waals surface area contributed by atoms with Gasteiger partial charge in [0.25, 0.3) is 10.1 Å². The van der Waals surface area contributed by atoms with Gasteiger partial charge in [-0.1, -0.05) is 18.6 Å². The molecule has 17 heavy (non-hydrogen) atoms. The third-order valence-electron chi connectivity index (χ3n) is 2.36. The van der Waals surface area contributed by atoms with E-state index in [1.807, 2.05) is 0 Å². The fourth-order valence-electron chi connectivity index (χ4n) is 1.46. The lowest BCUT2D eigenvalue weighted by molar-refractivity contribution is 0.439. The highest BCUT2D eigenvalue weighted by Gasteiger charge is 2.07.